The van der Waals surface area contributed by atoms with Crippen LogP contribution in [0.25, 0.3) is 82.5 Å². The number of aromatic nitrogens is 1. The molecule has 4 nitrogen and oxygen atoms in total. The zero-order chi connectivity index (χ0) is 38.9. The first-order valence-electron chi connectivity index (χ1n) is 20.3. The highest BCUT2D eigenvalue weighted by Gasteiger charge is 2.41. The first kappa shape index (κ1) is 33.1. The molecule has 0 spiro atoms. The molecule has 0 saturated carbocycles. The van der Waals surface area contributed by atoms with Crippen LogP contribution >= 0.6 is 0 Å². The number of fused-ring (bicyclic) bond motifs is 14. The van der Waals surface area contributed by atoms with E-state index in [0.717, 1.165) is 77.8 Å². The van der Waals surface area contributed by atoms with E-state index < -0.39 is 0 Å². The maximum absolute atomic E-state index is 7.09. The Morgan fingerprint density at radius 2 is 1.12 bits per heavy atom. The number of anilines is 3. The molecule has 0 saturated heterocycles. The Morgan fingerprint density at radius 1 is 0.500 bits per heavy atom. The number of hydrogen-bond donors (Lipinski definition) is 0. The molecule has 1 aliphatic carbocycles. The number of furan rings is 2. The van der Waals surface area contributed by atoms with Gasteiger partial charge in [0.1, 0.15) is 22.3 Å². The minimum Gasteiger partial charge on any atom is -0.455 e. The average molecular weight is 749 g/mol. The molecule has 8 aromatic carbocycles. The smallest absolute Gasteiger partial charge is 0.145 e. The van der Waals surface area contributed by atoms with Gasteiger partial charge in [-0.3, -0.25) is 0 Å². The van der Waals surface area contributed by atoms with E-state index in [2.05, 4.69) is 195 Å². The van der Waals surface area contributed by atoms with Gasteiger partial charge >= 0.3 is 0 Å². The van der Waals surface area contributed by atoms with Crippen LogP contribution in [0.15, 0.2) is 173 Å². The standard InChI is InChI=1S/C54H40N2O2/c1-32(2)33-22-24-35(25-23-33)55(36-26-29-45-41(30-36)37-16-8-11-19-44(37)56(45)34-14-6-5-7-15-34)46-31-43-51(53-49(46)40-18-10-13-21-48(40)58-53)50-42(54(43,3)4)28-27-39-38-17-9-12-20-47(38)57-52(39)50/h5-32H,1-4H3. The third kappa shape index (κ3) is 4.51. The van der Waals surface area contributed by atoms with E-state index in [4.69, 9.17) is 8.83 Å². The fourth-order valence-electron chi connectivity index (χ4n) is 9.89. The SMILES string of the molecule is CC(C)c1ccc(N(c2ccc3c(c2)c2ccccc2n3-c2ccccc2)c2cc3c(c4oc5ccccc5c24)-c2c(ccc4c2oc2ccccc24)C3(C)C)cc1. The summed E-state index contributed by atoms with van der Waals surface area (Å²) in [7, 11) is 0. The maximum Gasteiger partial charge on any atom is 0.145 e. The fraction of sp³-hybridized carbons (Fsp3) is 0.111. The van der Waals surface area contributed by atoms with Gasteiger partial charge in [-0.2, -0.15) is 0 Å². The molecule has 278 valence electrons. The van der Waals surface area contributed by atoms with Crippen LogP contribution in [0.4, 0.5) is 17.1 Å². The molecule has 4 heteroatoms. The summed E-state index contributed by atoms with van der Waals surface area (Å²) >= 11 is 0. The summed E-state index contributed by atoms with van der Waals surface area (Å²) in [6.45, 7) is 9.19. The maximum atomic E-state index is 7.09. The monoisotopic (exact) mass is 748 g/mol. The van der Waals surface area contributed by atoms with Crippen LogP contribution in [-0.2, 0) is 5.41 Å². The van der Waals surface area contributed by atoms with Crippen molar-refractivity contribution in [3.05, 3.63) is 180 Å². The van der Waals surface area contributed by atoms with Crippen molar-refractivity contribution in [2.45, 2.75) is 39.0 Å². The first-order chi connectivity index (χ1) is 28.4. The summed E-state index contributed by atoms with van der Waals surface area (Å²) < 4.78 is 16.2. The van der Waals surface area contributed by atoms with Gasteiger partial charge in [0.05, 0.1) is 22.1 Å². The van der Waals surface area contributed by atoms with Crippen molar-refractivity contribution in [2.24, 2.45) is 0 Å². The molecule has 0 fully saturated rings. The number of hydrogen-bond acceptors (Lipinski definition) is 3. The Hall–Kier alpha value is -7.04. The first-order valence-corrected chi connectivity index (χ1v) is 20.3. The van der Waals surface area contributed by atoms with Crippen molar-refractivity contribution >= 4 is 82.7 Å². The van der Waals surface area contributed by atoms with E-state index >= 15 is 0 Å². The normalized spacial score (nSPS) is 13.5. The lowest BCUT2D eigenvalue weighted by Gasteiger charge is -2.29. The highest BCUT2D eigenvalue weighted by atomic mass is 16.3. The third-order valence-corrected chi connectivity index (χ3v) is 12.8. The summed E-state index contributed by atoms with van der Waals surface area (Å²) in [4.78, 5) is 2.46. The Labute approximate surface area is 336 Å². The highest BCUT2D eigenvalue weighted by Crippen LogP contribution is 2.58. The van der Waals surface area contributed by atoms with Gasteiger partial charge in [0.2, 0.25) is 0 Å². The van der Waals surface area contributed by atoms with Crippen LogP contribution in [0.5, 0.6) is 0 Å². The van der Waals surface area contributed by atoms with Crippen LogP contribution in [-0.4, -0.2) is 4.57 Å². The van der Waals surface area contributed by atoms with Gasteiger partial charge in [0, 0.05) is 60.5 Å². The van der Waals surface area contributed by atoms with Gasteiger partial charge in [-0.05, 0) is 89.3 Å². The lowest BCUT2D eigenvalue weighted by Crippen LogP contribution is -2.17. The molecular weight excluding hydrogens is 709 g/mol. The van der Waals surface area contributed by atoms with Gasteiger partial charge in [0.25, 0.3) is 0 Å². The molecule has 0 unspecified atom stereocenters. The van der Waals surface area contributed by atoms with E-state index in [9.17, 15) is 0 Å². The van der Waals surface area contributed by atoms with Crippen LogP contribution in [0.3, 0.4) is 0 Å². The fourth-order valence-corrected chi connectivity index (χ4v) is 9.89. The quantitative estimate of drug-likeness (QED) is 0.176. The van der Waals surface area contributed by atoms with Crippen LogP contribution < -0.4 is 4.90 Å². The minimum atomic E-state index is -0.333. The third-order valence-electron chi connectivity index (χ3n) is 12.8. The van der Waals surface area contributed by atoms with Crippen LogP contribution in [0.2, 0.25) is 0 Å². The van der Waals surface area contributed by atoms with Crippen molar-refractivity contribution in [3.8, 4) is 16.8 Å². The van der Waals surface area contributed by atoms with E-state index in [0.29, 0.717) is 5.92 Å². The highest BCUT2D eigenvalue weighted by molar-refractivity contribution is 6.22. The summed E-state index contributed by atoms with van der Waals surface area (Å²) in [6.07, 6.45) is 0. The van der Waals surface area contributed by atoms with Gasteiger partial charge in [0.15, 0.2) is 0 Å². The Kier molecular flexibility index (Phi) is 6.85. The van der Waals surface area contributed by atoms with E-state index in [1.54, 1.807) is 0 Å². The number of para-hydroxylation sites is 4. The largest absolute Gasteiger partial charge is 0.455 e. The second-order valence-electron chi connectivity index (χ2n) is 16.7. The number of benzene rings is 8. The van der Waals surface area contributed by atoms with E-state index in [1.165, 1.54) is 38.5 Å². The molecule has 0 amide bonds. The predicted molar refractivity (Wildman–Crippen MR) is 242 cm³/mol. The zero-order valence-electron chi connectivity index (χ0n) is 32.9. The van der Waals surface area contributed by atoms with Crippen molar-refractivity contribution in [1.29, 1.82) is 0 Å². The lowest BCUT2D eigenvalue weighted by molar-refractivity contribution is 0.650. The summed E-state index contributed by atoms with van der Waals surface area (Å²) in [5, 5.41) is 6.85. The second kappa shape index (κ2) is 12.0. The van der Waals surface area contributed by atoms with Crippen molar-refractivity contribution in [2.75, 3.05) is 4.90 Å². The number of rotatable bonds is 5. The Bertz CT molecular complexity index is 3450. The van der Waals surface area contributed by atoms with Gasteiger partial charge < -0.3 is 18.3 Å². The molecule has 0 N–H and O–H groups in total. The second-order valence-corrected chi connectivity index (χ2v) is 16.7. The lowest BCUT2D eigenvalue weighted by atomic mass is 9.81. The van der Waals surface area contributed by atoms with Crippen molar-refractivity contribution in [3.63, 3.8) is 0 Å². The van der Waals surface area contributed by atoms with Gasteiger partial charge in [-0.25, -0.2) is 0 Å². The molecule has 0 aliphatic heterocycles. The Morgan fingerprint density at radius 3 is 1.90 bits per heavy atom. The molecule has 1 aliphatic rings. The minimum absolute atomic E-state index is 0.333. The van der Waals surface area contributed by atoms with Crippen molar-refractivity contribution in [1.82, 2.24) is 4.57 Å². The topological polar surface area (TPSA) is 34.5 Å². The molecule has 3 aromatic heterocycles. The zero-order valence-corrected chi connectivity index (χ0v) is 32.9. The van der Waals surface area contributed by atoms with Crippen LogP contribution in [0, 0.1) is 0 Å². The summed E-state index contributed by atoms with van der Waals surface area (Å²) in [5.74, 6) is 0.418. The van der Waals surface area contributed by atoms with Crippen LogP contribution in [0.1, 0.15) is 50.3 Å². The van der Waals surface area contributed by atoms with E-state index in [-0.39, 0.29) is 5.41 Å². The molecule has 3 heterocycles. The summed E-state index contributed by atoms with van der Waals surface area (Å²) in [5.41, 5.74) is 16.0. The van der Waals surface area contributed by atoms with Gasteiger partial charge in [-0.1, -0.05) is 125 Å². The van der Waals surface area contributed by atoms with E-state index in [1.807, 2.05) is 6.07 Å². The molecular formula is C54H40N2O2. The summed E-state index contributed by atoms with van der Waals surface area (Å²) in [6, 6.07) is 59.4. The predicted octanol–water partition coefficient (Wildman–Crippen LogP) is 15.5. The number of nitrogens with zero attached hydrogens (tertiary/aromatic N) is 2. The average Bonchev–Trinajstić information content (AvgIpc) is 3.98. The molecule has 11 aromatic rings. The van der Waals surface area contributed by atoms with Gasteiger partial charge in [-0.15, -0.1) is 0 Å². The molecule has 58 heavy (non-hydrogen) atoms. The van der Waals surface area contributed by atoms with Crippen molar-refractivity contribution < 1.29 is 8.83 Å². The molecule has 12 rings (SSSR count). The molecule has 0 radical (unpaired) electrons. The Balaban J connectivity index is 1.19. The molecule has 0 atom stereocenters. The molecule has 0 bridgehead atoms.